The number of fused-ring (bicyclic) bond motifs is 3. The molecule has 0 aliphatic heterocycles. The number of hydrogen-bond acceptors (Lipinski definition) is 4. The molecule has 2 fully saturated rings. The lowest BCUT2D eigenvalue weighted by Gasteiger charge is -2.19. The van der Waals surface area contributed by atoms with Crippen LogP contribution in [-0.4, -0.2) is 21.4 Å². The monoisotopic (exact) mass is 394 g/mol. The number of para-hydroxylation sites is 2. The molecule has 1 aromatic heterocycles. The average Bonchev–Trinajstić information content (AvgIpc) is 3.34. The van der Waals surface area contributed by atoms with Gasteiger partial charge in [-0.25, -0.2) is 9.78 Å². The average molecular weight is 394 g/mol. The fourth-order valence-electron chi connectivity index (χ4n) is 4.63. The summed E-state index contributed by atoms with van der Waals surface area (Å²) in [5, 5.41) is 3.56. The fraction of sp³-hybridized carbons (Fsp3) is 0.526. The van der Waals surface area contributed by atoms with Gasteiger partial charge in [0.15, 0.2) is 5.84 Å². The van der Waals surface area contributed by atoms with E-state index >= 15 is 0 Å². The predicted molar refractivity (Wildman–Crippen MR) is 96.0 cm³/mol. The standard InChI is InChI=1S/C19H21F3N4O2/c20-19(21,22)18-24-14-3-1-2-4-15(14)26(18)10-16(23)25-28-17(27)9-13-8-11-5-6-12(13)7-11/h1-4,11-13H,5-10H2,(H2,23,25)/t11-,12-,13+/m1/s1. The maximum absolute atomic E-state index is 13.3. The van der Waals surface area contributed by atoms with Crippen molar-refractivity contribution in [2.45, 2.75) is 44.8 Å². The molecule has 3 atom stereocenters. The third-order valence-corrected chi connectivity index (χ3v) is 5.81. The molecule has 2 aliphatic carbocycles. The van der Waals surface area contributed by atoms with E-state index in [-0.39, 0.29) is 29.8 Å². The second kappa shape index (κ2) is 7.10. The molecule has 0 radical (unpaired) electrons. The van der Waals surface area contributed by atoms with E-state index in [1.165, 1.54) is 25.0 Å². The minimum Gasteiger partial charge on any atom is -0.383 e. The molecule has 2 bridgehead atoms. The Labute approximate surface area is 159 Å². The lowest BCUT2D eigenvalue weighted by Crippen LogP contribution is -2.25. The summed E-state index contributed by atoms with van der Waals surface area (Å²) in [7, 11) is 0. The summed E-state index contributed by atoms with van der Waals surface area (Å²) in [5.41, 5.74) is 6.23. The summed E-state index contributed by atoms with van der Waals surface area (Å²) in [6.45, 7) is -0.378. The maximum Gasteiger partial charge on any atom is 0.449 e. The van der Waals surface area contributed by atoms with Crippen molar-refractivity contribution >= 4 is 22.8 Å². The van der Waals surface area contributed by atoms with Crippen LogP contribution in [0.25, 0.3) is 11.0 Å². The number of nitrogens with zero attached hydrogens (tertiary/aromatic N) is 3. The zero-order valence-corrected chi connectivity index (χ0v) is 15.2. The first-order valence-electron chi connectivity index (χ1n) is 9.36. The molecule has 2 aromatic rings. The normalized spacial score (nSPS) is 24.8. The van der Waals surface area contributed by atoms with E-state index < -0.39 is 18.0 Å². The Morgan fingerprint density at radius 3 is 2.75 bits per heavy atom. The van der Waals surface area contributed by atoms with Gasteiger partial charge in [0.1, 0.15) is 0 Å². The molecule has 0 spiro atoms. The van der Waals surface area contributed by atoms with Crippen molar-refractivity contribution in [3.63, 3.8) is 0 Å². The second-order valence-electron chi connectivity index (χ2n) is 7.69. The van der Waals surface area contributed by atoms with E-state index in [4.69, 9.17) is 10.6 Å². The van der Waals surface area contributed by atoms with E-state index in [9.17, 15) is 18.0 Å². The Bertz CT molecular complexity index is 922. The Morgan fingerprint density at radius 1 is 1.29 bits per heavy atom. The van der Waals surface area contributed by atoms with Gasteiger partial charge in [0, 0.05) is 0 Å². The van der Waals surface area contributed by atoms with Crippen LogP contribution in [0.5, 0.6) is 0 Å². The summed E-state index contributed by atoms with van der Waals surface area (Å²) in [6.07, 6.45) is 0.243. The van der Waals surface area contributed by atoms with Crippen LogP contribution in [0.4, 0.5) is 13.2 Å². The minimum atomic E-state index is -4.64. The van der Waals surface area contributed by atoms with Gasteiger partial charge in [-0.05, 0) is 49.1 Å². The van der Waals surface area contributed by atoms with Crippen molar-refractivity contribution in [1.82, 2.24) is 9.55 Å². The van der Waals surface area contributed by atoms with Crippen LogP contribution in [0.3, 0.4) is 0 Å². The number of amidine groups is 1. The molecular weight excluding hydrogens is 373 g/mol. The molecule has 1 heterocycles. The molecule has 4 rings (SSSR count). The Kier molecular flexibility index (Phi) is 4.76. The minimum absolute atomic E-state index is 0.205. The van der Waals surface area contributed by atoms with Crippen molar-refractivity contribution in [3.8, 4) is 0 Å². The highest BCUT2D eigenvalue weighted by atomic mass is 19.4. The number of oxime groups is 1. The molecule has 6 nitrogen and oxygen atoms in total. The molecule has 2 saturated carbocycles. The highest BCUT2D eigenvalue weighted by Gasteiger charge is 2.40. The summed E-state index contributed by atoms with van der Waals surface area (Å²) in [5.74, 6) is -0.184. The van der Waals surface area contributed by atoms with Crippen LogP contribution in [0.2, 0.25) is 0 Å². The molecule has 150 valence electrons. The van der Waals surface area contributed by atoms with Crippen LogP contribution in [-0.2, 0) is 22.4 Å². The number of carbonyl (C=O) groups is 1. The number of benzene rings is 1. The van der Waals surface area contributed by atoms with Gasteiger partial charge < -0.3 is 15.1 Å². The number of carbonyl (C=O) groups excluding carboxylic acids is 1. The highest BCUT2D eigenvalue weighted by Crippen LogP contribution is 2.49. The highest BCUT2D eigenvalue weighted by molar-refractivity contribution is 5.84. The van der Waals surface area contributed by atoms with Crippen molar-refractivity contribution in [1.29, 1.82) is 0 Å². The van der Waals surface area contributed by atoms with Crippen molar-refractivity contribution in [2.24, 2.45) is 28.6 Å². The lowest BCUT2D eigenvalue weighted by molar-refractivity contribution is -0.147. The number of rotatable bonds is 5. The number of hydrogen-bond donors (Lipinski definition) is 1. The van der Waals surface area contributed by atoms with Gasteiger partial charge in [0.25, 0.3) is 0 Å². The molecule has 0 amide bonds. The number of alkyl halides is 3. The first kappa shape index (κ1) is 18.8. The van der Waals surface area contributed by atoms with Gasteiger partial charge in [-0.2, -0.15) is 13.2 Å². The summed E-state index contributed by atoms with van der Waals surface area (Å²) < 4.78 is 40.8. The third kappa shape index (κ3) is 3.70. The van der Waals surface area contributed by atoms with E-state index in [1.807, 2.05) is 0 Å². The summed E-state index contributed by atoms with van der Waals surface area (Å²) in [6, 6.07) is 6.23. The van der Waals surface area contributed by atoms with Crippen molar-refractivity contribution in [3.05, 3.63) is 30.1 Å². The Balaban J connectivity index is 1.44. The lowest BCUT2D eigenvalue weighted by atomic mass is 9.86. The van der Waals surface area contributed by atoms with Crippen molar-refractivity contribution < 1.29 is 22.8 Å². The van der Waals surface area contributed by atoms with Gasteiger partial charge in [-0.15, -0.1) is 0 Å². The van der Waals surface area contributed by atoms with Gasteiger partial charge >= 0.3 is 12.1 Å². The number of imidazole rings is 1. The molecule has 9 heteroatoms. The number of aromatic nitrogens is 2. The van der Waals surface area contributed by atoms with E-state index in [2.05, 4.69) is 10.1 Å². The van der Waals surface area contributed by atoms with Gasteiger partial charge in [0.2, 0.25) is 5.82 Å². The SMILES string of the molecule is N/C(Cn1c(C(F)(F)F)nc2ccccc21)=N/OC(=O)C[C@@H]1C[C@@H]2CC[C@@H]1C2. The third-order valence-electron chi connectivity index (χ3n) is 5.81. The van der Waals surface area contributed by atoms with Crippen LogP contribution >= 0.6 is 0 Å². The molecule has 28 heavy (non-hydrogen) atoms. The van der Waals surface area contributed by atoms with Crippen LogP contribution in [0.15, 0.2) is 29.4 Å². The van der Waals surface area contributed by atoms with Crippen LogP contribution < -0.4 is 5.73 Å². The molecule has 2 N–H and O–H groups in total. The summed E-state index contributed by atoms with van der Waals surface area (Å²) >= 11 is 0. The topological polar surface area (TPSA) is 82.5 Å². The van der Waals surface area contributed by atoms with Gasteiger partial charge in [0.05, 0.1) is 24.0 Å². The number of halogens is 3. The fourth-order valence-corrected chi connectivity index (χ4v) is 4.63. The first-order chi connectivity index (χ1) is 13.3. The Morgan fingerprint density at radius 2 is 2.07 bits per heavy atom. The number of nitrogens with two attached hydrogens (primary N) is 1. The molecule has 0 saturated heterocycles. The smallest absolute Gasteiger partial charge is 0.383 e. The largest absolute Gasteiger partial charge is 0.449 e. The van der Waals surface area contributed by atoms with E-state index in [1.54, 1.807) is 12.1 Å². The Hall–Kier alpha value is -2.58. The molecule has 0 unspecified atom stereocenters. The predicted octanol–water partition coefficient (Wildman–Crippen LogP) is 3.70. The van der Waals surface area contributed by atoms with E-state index in [0.717, 1.165) is 17.4 Å². The molecule has 2 aliphatic rings. The van der Waals surface area contributed by atoms with Gasteiger partial charge in [-0.1, -0.05) is 23.7 Å². The van der Waals surface area contributed by atoms with Crippen LogP contribution in [0.1, 0.15) is 37.9 Å². The summed E-state index contributed by atoms with van der Waals surface area (Å²) in [4.78, 5) is 20.5. The van der Waals surface area contributed by atoms with Crippen molar-refractivity contribution in [2.75, 3.05) is 0 Å². The zero-order valence-electron chi connectivity index (χ0n) is 15.2. The maximum atomic E-state index is 13.3. The van der Waals surface area contributed by atoms with E-state index in [0.29, 0.717) is 17.8 Å². The second-order valence-corrected chi connectivity index (χ2v) is 7.69. The first-order valence-corrected chi connectivity index (χ1v) is 9.36. The van der Waals surface area contributed by atoms with Gasteiger partial charge in [-0.3, -0.25) is 0 Å². The molecule has 1 aromatic carbocycles. The quantitative estimate of drug-likeness (QED) is 0.363. The zero-order chi connectivity index (χ0) is 19.9. The van der Waals surface area contributed by atoms with Crippen LogP contribution in [0, 0.1) is 17.8 Å². The molecular formula is C19H21F3N4O2.